The zero-order valence-corrected chi connectivity index (χ0v) is 11.6. The van der Waals surface area contributed by atoms with Gasteiger partial charge >= 0.3 is 0 Å². The summed E-state index contributed by atoms with van der Waals surface area (Å²) in [7, 11) is 1.80. The van der Waals surface area contributed by atoms with Gasteiger partial charge in [0.2, 0.25) is 23.8 Å². The molecule has 8 nitrogen and oxygen atoms in total. The average molecular weight is 277 g/mol. The van der Waals surface area contributed by atoms with Gasteiger partial charge in [-0.15, -0.1) is 0 Å². The predicted molar refractivity (Wildman–Crippen MR) is 75.5 cm³/mol. The summed E-state index contributed by atoms with van der Waals surface area (Å²) in [5.41, 5.74) is 5.78. The molecule has 0 spiro atoms. The first-order chi connectivity index (χ1) is 9.63. The third-order valence-corrected chi connectivity index (χ3v) is 3.76. The van der Waals surface area contributed by atoms with E-state index in [0.717, 1.165) is 25.9 Å². The average Bonchev–Trinajstić information content (AvgIpc) is 2.95. The molecule has 0 aliphatic carbocycles. The third-order valence-electron chi connectivity index (χ3n) is 3.76. The number of likely N-dealkylation sites (N-methyl/N-ethyl adjacent to an activating group) is 1. The summed E-state index contributed by atoms with van der Waals surface area (Å²) in [6, 6.07) is 0. The van der Waals surface area contributed by atoms with E-state index < -0.39 is 0 Å². The number of carbonyl (C=O) groups excluding carboxylic acids is 1. The summed E-state index contributed by atoms with van der Waals surface area (Å²) >= 11 is 0. The van der Waals surface area contributed by atoms with Gasteiger partial charge in [-0.05, 0) is 12.8 Å². The van der Waals surface area contributed by atoms with Gasteiger partial charge in [0.1, 0.15) is 0 Å². The number of piperazine rings is 1. The highest BCUT2D eigenvalue weighted by molar-refractivity contribution is 5.82. The van der Waals surface area contributed by atoms with Crippen molar-refractivity contribution in [2.75, 3.05) is 55.3 Å². The Kier molecular flexibility index (Phi) is 3.29. The van der Waals surface area contributed by atoms with E-state index in [4.69, 9.17) is 5.73 Å². The van der Waals surface area contributed by atoms with E-state index in [2.05, 4.69) is 19.9 Å². The molecule has 108 valence electrons. The van der Waals surface area contributed by atoms with Crippen molar-refractivity contribution >= 4 is 23.8 Å². The fraction of sp³-hybridized carbons (Fsp3) is 0.667. The van der Waals surface area contributed by atoms with Crippen LogP contribution in [0.4, 0.5) is 17.8 Å². The van der Waals surface area contributed by atoms with Gasteiger partial charge in [-0.25, -0.2) is 0 Å². The SMILES string of the molecule is CN1CCN(c2nc(N)nc(N3CCCC3)n2)CC1=O. The molecule has 0 atom stereocenters. The second-order valence-electron chi connectivity index (χ2n) is 5.22. The van der Waals surface area contributed by atoms with Gasteiger partial charge in [-0.2, -0.15) is 15.0 Å². The van der Waals surface area contributed by atoms with Crippen molar-refractivity contribution in [3.63, 3.8) is 0 Å². The van der Waals surface area contributed by atoms with E-state index in [9.17, 15) is 4.79 Å². The van der Waals surface area contributed by atoms with Crippen molar-refractivity contribution in [3.8, 4) is 0 Å². The fourth-order valence-electron chi connectivity index (χ4n) is 2.50. The van der Waals surface area contributed by atoms with Gasteiger partial charge in [0.05, 0.1) is 6.54 Å². The number of amides is 1. The van der Waals surface area contributed by atoms with Crippen molar-refractivity contribution in [3.05, 3.63) is 0 Å². The Labute approximate surface area is 117 Å². The molecular formula is C12H19N7O. The summed E-state index contributed by atoms with van der Waals surface area (Å²) in [6.45, 7) is 3.57. The normalized spacial score (nSPS) is 19.9. The second kappa shape index (κ2) is 5.10. The molecule has 2 aliphatic heterocycles. The van der Waals surface area contributed by atoms with Crippen molar-refractivity contribution in [1.82, 2.24) is 19.9 Å². The molecule has 20 heavy (non-hydrogen) atoms. The summed E-state index contributed by atoms with van der Waals surface area (Å²) in [4.78, 5) is 30.3. The van der Waals surface area contributed by atoms with Gasteiger partial charge < -0.3 is 20.4 Å². The Morgan fingerprint density at radius 3 is 2.25 bits per heavy atom. The molecule has 1 amide bonds. The number of aromatic nitrogens is 3. The molecule has 2 fully saturated rings. The van der Waals surface area contributed by atoms with E-state index in [-0.39, 0.29) is 11.9 Å². The van der Waals surface area contributed by atoms with Gasteiger partial charge in [-0.3, -0.25) is 4.79 Å². The Bertz CT molecular complexity index is 515. The number of hydrogen-bond donors (Lipinski definition) is 1. The summed E-state index contributed by atoms with van der Waals surface area (Å²) in [5.74, 6) is 1.40. The van der Waals surface area contributed by atoms with Crippen molar-refractivity contribution in [1.29, 1.82) is 0 Å². The molecule has 0 aromatic carbocycles. The number of carbonyl (C=O) groups is 1. The second-order valence-corrected chi connectivity index (χ2v) is 5.22. The number of nitrogens with two attached hydrogens (primary N) is 1. The largest absolute Gasteiger partial charge is 0.368 e. The monoisotopic (exact) mass is 277 g/mol. The van der Waals surface area contributed by atoms with Crippen LogP contribution in [0.2, 0.25) is 0 Å². The smallest absolute Gasteiger partial charge is 0.242 e. The molecule has 3 rings (SSSR count). The first-order valence-corrected chi connectivity index (χ1v) is 6.89. The molecule has 1 aromatic rings. The van der Waals surface area contributed by atoms with Crippen LogP contribution in [0.3, 0.4) is 0 Å². The number of anilines is 3. The maximum atomic E-state index is 11.8. The van der Waals surface area contributed by atoms with Gasteiger partial charge in [0.25, 0.3) is 0 Å². The molecule has 0 bridgehead atoms. The van der Waals surface area contributed by atoms with Gasteiger partial charge in [-0.1, -0.05) is 0 Å². The van der Waals surface area contributed by atoms with Crippen LogP contribution >= 0.6 is 0 Å². The quantitative estimate of drug-likeness (QED) is 0.766. The first-order valence-electron chi connectivity index (χ1n) is 6.89. The van der Waals surface area contributed by atoms with Gasteiger partial charge in [0, 0.05) is 33.2 Å². The third kappa shape index (κ3) is 2.45. The van der Waals surface area contributed by atoms with Crippen LogP contribution in [-0.4, -0.2) is 65.5 Å². The standard InChI is InChI=1S/C12H19N7O/c1-17-6-7-19(8-9(17)20)12-15-10(13)14-11(16-12)18-4-2-3-5-18/h2-8H2,1H3,(H2,13,14,15,16). The van der Waals surface area contributed by atoms with Crippen LogP contribution in [0, 0.1) is 0 Å². The maximum absolute atomic E-state index is 11.8. The van der Waals surface area contributed by atoms with Crippen molar-refractivity contribution < 1.29 is 4.79 Å². The predicted octanol–water partition coefficient (Wildman–Crippen LogP) is -0.668. The molecule has 0 unspecified atom stereocenters. The fourth-order valence-corrected chi connectivity index (χ4v) is 2.50. The Morgan fingerprint density at radius 2 is 1.60 bits per heavy atom. The highest BCUT2D eigenvalue weighted by atomic mass is 16.2. The van der Waals surface area contributed by atoms with E-state index in [1.54, 1.807) is 11.9 Å². The molecule has 8 heteroatoms. The Morgan fingerprint density at radius 1 is 0.950 bits per heavy atom. The maximum Gasteiger partial charge on any atom is 0.242 e. The lowest BCUT2D eigenvalue weighted by Crippen LogP contribution is -2.49. The molecule has 2 aliphatic rings. The minimum absolute atomic E-state index is 0.0676. The lowest BCUT2D eigenvalue weighted by Gasteiger charge is -2.32. The number of rotatable bonds is 2. The summed E-state index contributed by atoms with van der Waals surface area (Å²) in [6.07, 6.45) is 2.29. The molecule has 1 aromatic heterocycles. The van der Waals surface area contributed by atoms with Crippen molar-refractivity contribution in [2.45, 2.75) is 12.8 Å². The molecule has 2 N–H and O–H groups in total. The van der Waals surface area contributed by atoms with Crippen LogP contribution < -0.4 is 15.5 Å². The first kappa shape index (κ1) is 12.9. The van der Waals surface area contributed by atoms with Crippen LogP contribution in [0.5, 0.6) is 0 Å². The number of hydrogen-bond acceptors (Lipinski definition) is 7. The van der Waals surface area contributed by atoms with Crippen LogP contribution in [0.1, 0.15) is 12.8 Å². The topological polar surface area (TPSA) is 91.5 Å². The Hall–Kier alpha value is -2.12. The highest BCUT2D eigenvalue weighted by Crippen LogP contribution is 2.20. The highest BCUT2D eigenvalue weighted by Gasteiger charge is 2.25. The van der Waals surface area contributed by atoms with E-state index in [1.165, 1.54) is 0 Å². The summed E-state index contributed by atoms with van der Waals surface area (Å²) < 4.78 is 0. The van der Waals surface area contributed by atoms with E-state index >= 15 is 0 Å². The minimum Gasteiger partial charge on any atom is -0.368 e. The van der Waals surface area contributed by atoms with Crippen LogP contribution in [0.15, 0.2) is 0 Å². The number of nitrogens with zero attached hydrogens (tertiary/aromatic N) is 6. The zero-order valence-electron chi connectivity index (χ0n) is 11.6. The molecule has 0 radical (unpaired) electrons. The van der Waals surface area contributed by atoms with Crippen LogP contribution in [-0.2, 0) is 4.79 Å². The van der Waals surface area contributed by atoms with Crippen molar-refractivity contribution in [2.24, 2.45) is 0 Å². The lowest BCUT2D eigenvalue weighted by molar-refractivity contribution is -0.129. The van der Waals surface area contributed by atoms with E-state index in [0.29, 0.717) is 31.5 Å². The molecule has 3 heterocycles. The van der Waals surface area contributed by atoms with Gasteiger partial charge in [0.15, 0.2) is 0 Å². The zero-order chi connectivity index (χ0) is 14.1. The number of nitrogen functional groups attached to an aromatic ring is 1. The summed E-state index contributed by atoms with van der Waals surface area (Å²) in [5, 5.41) is 0. The molecular weight excluding hydrogens is 258 g/mol. The molecule has 0 saturated carbocycles. The van der Waals surface area contributed by atoms with Crippen LogP contribution in [0.25, 0.3) is 0 Å². The lowest BCUT2D eigenvalue weighted by atomic mass is 10.3. The van der Waals surface area contributed by atoms with E-state index in [1.807, 2.05) is 4.90 Å². The minimum atomic E-state index is 0.0676. The Balaban J connectivity index is 1.84. The molecule has 2 saturated heterocycles.